The van der Waals surface area contributed by atoms with Gasteiger partial charge in [-0.1, -0.05) is 30.3 Å². The van der Waals surface area contributed by atoms with E-state index in [-0.39, 0.29) is 12.1 Å². The highest BCUT2D eigenvalue weighted by molar-refractivity contribution is 5.73. The largest absolute Gasteiger partial charge is 0.477 e. The Morgan fingerprint density at radius 1 is 1.08 bits per heavy atom. The van der Waals surface area contributed by atoms with Gasteiger partial charge in [-0.3, -0.25) is 25.5 Å². The normalized spacial score (nSPS) is 11.7. The number of nitrogens with two attached hydrogens (primary N) is 1. The van der Waals surface area contributed by atoms with Gasteiger partial charge in [0.25, 0.3) is 5.69 Å². The Labute approximate surface area is 135 Å². The molecule has 0 aromatic heterocycles. The van der Waals surface area contributed by atoms with Crippen molar-refractivity contribution in [3.8, 4) is 0 Å². The van der Waals surface area contributed by atoms with Gasteiger partial charge in [0.1, 0.15) is 6.07 Å². The van der Waals surface area contributed by atoms with Crippen LogP contribution in [0, 0.1) is 20.2 Å². The lowest BCUT2D eigenvalue weighted by Gasteiger charge is -2.11. The maximum atomic E-state index is 11.5. The van der Waals surface area contributed by atoms with Crippen LogP contribution in [-0.4, -0.2) is 27.0 Å². The summed E-state index contributed by atoms with van der Waals surface area (Å²) in [6.07, 6.45) is 0.157. The van der Waals surface area contributed by atoms with Crippen LogP contribution in [0.3, 0.4) is 0 Å². The highest BCUT2D eigenvalue weighted by atomic mass is 16.6. The maximum Gasteiger partial charge on any atom is 0.363 e. The quantitative estimate of drug-likeness (QED) is 0.446. The number of carboxylic acid groups (broad SMARTS) is 1. The van der Waals surface area contributed by atoms with Crippen LogP contribution in [0.15, 0.2) is 48.5 Å². The summed E-state index contributed by atoms with van der Waals surface area (Å²) < 4.78 is 0. The average Bonchev–Trinajstić information content (AvgIpc) is 2.55. The fraction of sp³-hybridized carbons (Fsp3) is 0.133. The van der Waals surface area contributed by atoms with Crippen LogP contribution in [-0.2, 0) is 11.2 Å². The third kappa shape index (κ3) is 4.11. The molecule has 2 aromatic rings. The van der Waals surface area contributed by atoms with E-state index in [1.807, 2.05) is 0 Å². The van der Waals surface area contributed by atoms with Gasteiger partial charge in [0.05, 0.1) is 9.85 Å². The monoisotopic (exact) mass is 332 g/mol. The van der Waals surface area contributed by atoms with Crippen LogP contribution in [0.4, 0.5) is 17.1 Å². The molecule has 0 spiro atoms. The van der Waals surface area contributed by atoms with Crippen LogP contribution in [0.5, 0.6) is 0 Å². The number of quaternary nitrogens is 1. The number of carbonyl (C=O) groups is 1. The lowest BCUT2D eigenvalue weighted by Crippen LogP contribution is -2.87. The SMILES string of the molecule is O=C(O)[C@H](Cc1ccccc1)[NH2+]c1ccc([N+](=O)[O-])cc1[N+](=O)[O-]. The molecule has 0 bridgehead atoms. The number of carboxylic acids is 1. The molecule has 0 unspecified atom stereocenters. The fourth-order valence-corrected chi connectivity index (χ4v) is 2.25. The van der Waals surface area contributed by atoms with Gasteiger partial charge in [0.2, 0.25) is 5.69 Å². The van der Waals surface area contributed by atoms with Crippen LogP contribution < -0.4 is 5.32 Å². The molecule has 9 nitrogen and oxygen atoms in total. The molecular formula is C15H14N3O6+. The highest BCUT2D eigenvalue weighted by Crippen LogP contribution is 2.25. The smallest absolute Gasteiger partial charge is 0.363 e. The number of rotatable bonds is 7. The summed E-state index contributed by atoms with van der Waals surface area (Å²) >= 11 is 0. The number of hydrogen-bond donors (Lipinski definition) is 2. The maximum absolute atomic E-state index is 11.5. The minimum atomic E-state index is -1.13. The standard InChI is InChI=1S/C15H13N3O6/c19-15(20)13(8-10-4-2-1-3-5-10)16-12-7-6-11(17(21)22)9-14(12)18(23)24/h1-7,9,13,16H,8H2,(H,19,20)/p+1/t13-/m0/s1. The molecule has 0 aliphatic rings. The number of benzene rings is 2. The lowest BCUT2D eigenvalue weighted by atomic mass is 10.1. The summed E-state index contributed by atoms with van der Waals surface area (Å²) in [6, 6.07) is 11.0. The highest BCUT2D eigenvalue weighted by Gasteiger charge is 2.28. The van der Waals surface area contributed by atoms with Gasteiger partial charge < -0.3 is 5.11 Å². The zero-order valence-corrected chi connectivity index (χ0v) is 12.4. The fourth-order valence-electron chi connectivity index (χ4n) is 2.25. The molecule has 3 N–H and O–H groups in total. The van der Waals surface area contributed by atoms with Crippen LogP contribution in [0.1, 0.15) is 5.56 Å². The van der Waals surface area contributed by atoms with Crippen molar-refractivity contribution in [2.45, 2.75) is 12.5 Å². The zero-order chi connectivity index (χ0) is 17.7. The van der Waals surface area contributed by atoms with Crippen molar-refractivity contribution >= 4 is 23.0 Å². The van der Waals surface area contributed by atoms with E-state index in [0.717, 1.165) is 17.7 Å². The molecule has 124 valence electrons. The molecule has 0 saturated heterocycles. The number of non-ortho nitro benzene ring substituents is 1. The van der Waals surface area contributed by atoms with Gasteiger partial charge in [-0.05, 0) is 5.56 Å². The first kappa shape index (κ1) is 17.0. The average molecular weight is 332 g/mol. The molecule has 24 heavy (non-hydrogen) atoms. The molecule has 0 fully saturated rings. The third-order valence-electron chi connectivity index (χ3n) is 3.42. The molecule has 1 atom stereocenters. The summed E-state index contributed by atoms with van der Waals surface area (Å²) in [5.41, 5.74) is -0.114. The summed E-state index contributed by atoms with van der Waals surface area (Å²) in [6.45, 7) is 0. The van der Waals surface area contributed by atoms with E-state index in [2.05, 4.69) is 0 Å². The van der Waals surface area contributed by atoms with E-state index >= 15 is 0 Å². The second kappa shape index (κ2) is 7.29. The number of nitro groups is 2. The number of nitrogens with zero attached hydrogens (tertiary/aromatic N) is 2. The van der Waals surface area contributed by atoms with Crippen LogP contribution in [0.25, 0.3) is 0 Å². The van der Waals surface area contributed by atoms with Crippen molar-refractivity contribution in [1.29, 1.82) is 0 Å². The van der Waals surface area contributed by atoms with E-state index < -0.39 is 33.2 Å². The minimum Gasteiger partial charge on any atom is -0.477 e. The molecule has 9 heteroatoms. The van der Waals surface area contributed by atoms with Crippen LogP contribution in [0.2, 0.25) is 0 Å². The first-order valence-electron chi connectivity index (χ1n) is 6.93. The van der Waals surface area contributed by atoms with E-state index in [0.29, 0.717) is 0 Å². The van der Waals surface area contributed by atoms with Gasteiger partial charge in [-0.25, -0.2) is 4.79 Å². The molecule has 0 saturated carbocycles. The van der Waals surface area contributed by atoms with Crippen molar-refractivity contribution in [2.75, 3.05) is 0 Å². The second-order valence-corrected chi connectivity index (χ2v) is 5.06. The van der Waals surface area contributed by atoms with E-state index in [9.17, 15) is 30.1 Å². The number of nitro benzene ring substituents is 2. The Kier molecular flexibility index (Phi) is 5.17. The topological polar surface area (TPSA) is 140 Å². The van der Waals surface area contributed by atoms with Crippen LogP contribution >= 0.6 is 0 Å². The van der Waals surface area contributed by atoms with Crippen molar-refractivity contribution in [3.05, 3.63) is 74.3 Å². The van der Waals surface area contributed by atoms with Gasteiger partial charge in [0.15, 0.2) is 6.04 Å². The first-order valence-corrected chi connectivity index (χ1v) is 6.93. The Balaban J connectivity index is 2.30. The number of aliphatic carboxylic acids is 1. The third-order valence-corrected chi connectivity index (χ3v) is 3.42. The summed E-state index contributed by atoms with van der Waals surface area (Å²) in [4.78, 5) is 31.8. The summed E-state index contributed by atoms with van der Waals surface area (Å²) in [7, 11) is 0. The van der Waals surface area contributed by atoms with Crippen molar-refractivity contribution in [1.82, 2.24) is 0 Å². The second-order valence-electron chi connectivity index (χ2n) is 5.06. The molecular weight excluding hydrogens is 318 g/mol. The van der Waals surface area contributed by atoms with E-state index in [4.69, 9.17) is 0 Å². The van der Waals surface area contributed by atoms with Crippen molar-refractivity contribution in [2.24, 2.45) is 0 Å². The Bertz CT molecular complexity index is 778. The van der Waals surface area contributed by atoms with Crippen molar-refractivity contribution in [3.63, 3.8) is 0 Å². The van der Waals surface area contributed by atoms with Gasteiger partial charge in [0, 0.05) is 18.6 Å². The summed E-state index contributed by atoms with van der Waals surface area (Å²) in [5, 5.41) is 32.5. The zero-order valence-electron chi connectivity index (χ0n) is 12.4. The Hall–Kier alpha value is -3.33. The molecule has 0 heterocycles. The predicted molar refractivity (Wildman–Crippen MR) is 82.9 cm³/mol. The molecule has 0 aliphatic heterocycles. The lowest BCUT2D eigenvalue weighted by molar-refractivity contribution is -0.602. The van der Waals surface area contributed by atoms with Gasteiger partial charge >= 0.3 is 11.7 Å². The van der Waals surface area contributed by atoms with Gasteiger partial charge in [-0.2, -0.15) is 0 Å². The minimum absolute atomic E-state index is 0.0360. The molecule has 0 radical (unpaired) electrons. The Morgan fingerprint density at radius 3 is 2.29 bits per heavy atom. The van der Waals surface area contributed by atoms with Crippen molar-refractivity contribution < 1.29 is 25.1 Å². The predicted octanol–water partition coefficient (Wildman–Crippen LogP) is 1.39. The first-order chi connectivity index (χ1) is 11.4. The molecule has 2 rings (SSSR count). The van der Waals surface area contributed by atoms with E-state index in [1.54, 1.807) is 30.3 Å². The summed E-state index contributed by atoms with van der Waals surface area (Å²) in [5.74, 6) is -1.13. The molecule has 0 amide bonds. The molecule has 2 aromatic carbocycles. The molecule has 0 aliphatic carbocycles. The number of hydrogen-bond acceptors (Lipinski definition) is 5. The van der Waals surface area contributed by atoms with Gasteiger partial charge in [-0.15, -0.1) is 0 Å². The Morgan fingerprint density at radius 2 is 1.75 bits per heavy atom. The van der Waals surface area contributed by atoms with E-state index in [1.165, 1.54) is 11.4 Å².